The molecule has 0 bridgehead atoms. The number of hydrogen-bond acceptors (Lipinski definition) is 5. The van der Waals surface area contributed by atoms with Crippen molar-refractivity contribution in [3.8, 4) is 11.5 Å². The van der Waals surface area contributed by atoms with Gasteiger partial charge in [-0.2, -0.15) is 0 Å². The van der Waals surface area contributed by atoms with Crippen molar-refractivity contribution in [2.45, 2.75) is 19.9 Å². The summed E-state index contributed by atoms with van der Waals surface area (Å²) in [6, 6.07) is 3.61. The molecule has 114 valence electrons. The molecule has 20 heavy (non-hydrogen) atoms. The van der Waals surface area contributed by atoms with Crippen LogP contribution >= 0.6 is 15.9 Å². The molecule has 0 heterocycles. The molecule has 7 heteroatoms. The summed E-state index contributed by atoms with van der Waals surface area (Å²) >= 11 is 3.38. The highest BCUT2D eigenvalue weighted by molar-refractivity contribution is 9.10. The van der Waals surface area contributed by atoms with Gasteiger partial charge in [0.05, 0.1) is 23.1 Å². The van der Waals surface area contributed by atoms with Crippen molar-refractivity contribution in [3.05, 3.63) is 22.2 Å². The lowest BCUT2D eigenvalue weighted by molar-refractivity contribution is 0.309. The molecule has 0 saturated carbocycles. The van der Waals surface area contributed by atoms with E-state index in [4.69, 9.17) is 15.2 Å². The normalized spacial score (nSPS) is 11.4. The number of sulfone groups is 1. The van der Waals surface area contributed by atoms with Crippen LogP contribution in [-0.4, -0.2) is 33.6 Å². The van der Waals surface area contributed by atoms with Crippen LogP contribution in [0.2, 0.25) is 0 Å². The third kappa shape index (κ3) is 4.96. The van der Waals surface area contributed by atoms with Crippen LogP contribution in [0.3, 0.4) is 0 Å². The van der Waals surface area contributed by atoms with E-state index in [2.05, 4.69) is 15.9 Å². The van der Waals surface area contributed by atoms with Crippen molar-refractivity contribution in [2.24, 2.45) is 5.73 Å². The Morgan fingerprint density at radius 3 is 2.55 bits per heavy atom. The third-order valence-corrected chi connectivity index (χ3v) is 5.09. The molecule has 0 unspecified atom stereocenters. The van der Waals surface area contributed by atoms with Gasteiger partial charge in [0.15, 0.2) is 21.3 Å². The van der Waals surface area contributed by atoms with Crippen LogP contribution < -0.4 is 15.2 Å². The Kier molecular flexibility index (Phi) is 6.78. The number of halogens is 1. The Balaban J connectivity index is 2.78. The maximum absolute atomic E-state index is 11.6. The van der Waals surface area contributed by atoms with E-state index in [9.17, 15) is 8.42 Å². The van der Waals surface area contributed by atoms with Gasteiger partial charge in [0.2, 0.25) is 0 Å². The molecule has 0 aliphatic rings. The zero-order chi connectivity index (χ0) is 15.2. The minimum atomic E-state index is -3.05. The van der Waals surface area contributed by atoms with E-state index < -0.39 is 9.84 Å². The number of rotatable bonds is 8. The molecule has 1 aromatic rings. The first-order valence-electron chi connectivity index (χ1n) is 6.33. The second kappa shape index (κ2) is 7.85. The fourth-order valence-corrected chi connectivity index (χ4v) is 3.48. The Labute approximate surface area is 128 Å². The summed E-state index contributed by atoms with van der Waals surface area (Å²) in [4.78, 5) is 0. The summed E-state index contributed by atoms with van der Waals surface area (Å²) in [6.07, 6.45) is 0.612. The molecule has 0 radical (unpaired) electrons. The monoisotopic (exact) mass is 365 g/mol. The van der Waals surface area contributed by atoms with E-state index in [0.29, 0.717) is 28.9 Å². The van der Waals surface area contributed by atoms with Crippen LogP contribution in [0.1, 0.15) is 18.9 Å². The molecule has 0 aliphatic carbocycles. The van der Waals surface area contributed by atoms with Gasteiger partial charge in [-0.25, -0.2) is 8.42 Å². The molecule has 5 nitrogen and oxygen atoms in total. The first-order valence-corrected chi connectivity index (χ1v) is 8.94. The maximum Gasteiger partial charge on any atom is 0.175 e. The van der Waals surface area contributed by atoms with Crippen LogP contribution in [0.15, 0.2) is 16.6 Å². The molecule has 0 aliphatic heterocycles. The molecule has 2 N–H and O–H groups in total. The Morgan fingerprint density at radius 1 is 1.30 bits per heavy atom. The van der Waals surface area contributed by atoms with Gasteiger partial charge in [-0.3, -0.25) is 0 Å². The molecular formula is C13H20BrNO4S. The summed E-state index contributed by atoms with van der Waals surface area (Å²) in [6.45, 7) is 2.32. The van der Waals surface area contributed by atoms with E-state index in [-0.39, 0.29) is 18.1 Å². The average Bonchev–Trinajstić information content (AvgIpc) is 2.39. The minimum Gasteiger partial charge on any atom is -0.493 e. The van der Waals surface area contributed by atoms with Crippen molar-refractivity contribution >= 4 is 25.8 Å². The highest BCUT2D eigenvalue weighted by atomic mass is 79.9. The fourth-order valence-electron chi connectivity index (χ4n) is 1.71. The number of ether oxygens (including phenoxy) is 2. The van der Waals surface area contributed by atoms with Gasteiger partial charge in [0.25, 0.3) is 0 Å². The number of nitrogens with two attached hydrogens (primary N) is 1. The van der Waals surface area contributed by atoms with Crippen molar-refractivity contribution in [1.82, 2.24) is 0 Å². The van der Waals surface area contributed by atoms with Crippen molar-refractivity contribution in [2.75, 3.05) is 25.2 Å². The van der Waals surface area contributed by atoms with Gasteiger partial charge in [-0.05, 0) is 40.0 Å². The highest BCUT2D eigenvalue weighted by Crippen LogP contribution is 2.36. The first kappa shape index (κ1) is 17.3. The molecule has 0 fully saturated rings. The van der Waals surface area contributed by atoms with E-state index in [1.165, 1.54) is 7.11 Å². The van der Waals surface area contributed by atoms with E-state index >= 15 is 0 Å². The fraction of sp³-hybridized carbons (Fsp3) is 0.538. The number of hydrogen-bond donors (Lipinski definition) is 1. The molecule has 0 spiro atoms. The third-order valence-electron chi connectivity index (χ3n) is 2.68. The predicted octanol–water partition coefficient (Wildman–Crippen LogP) is 2.12. The average molecular weight is 366 g/mol. The molecule has 1 aromatic carbocycles. The van der Waals surface area contributed by atoms with E-state index in [1.54, 1.807) is 6.07 Å². The standard InChI is InChI=1S/C13H20BrNO4S/c1-3-5-20(16,17)6-4-19-13-11(14)7-10(9-15)8-12(13)18-2/h7-8H,3-6,9,15H2,1-2H3. The quantitative estimate of drug-likeness (QED) is 0.763. The van der Waals surface area contributed by atoms with E-state index in [0.717, 1.165) is 5.56 Å². The molecule has 0 atom stereocenters. The molecular weight excluding hydrogens is 346 g/mol. The lowest BCUT2D eigenvalue weighted by Gasteiger charge is -2.14. The molecule has 1 rings (SSSR count). The lowest BCUT2D eigenvalue weighted by Crippen LogP contribution is -2.17. The van der Waals surface area contributed by atoms with Gasteiger partial charge in [-0.1, -0.05) is 6.92 Å². The van der Waals surface area contributed by atoms with Crippen LogP contribution in [-0.2, 0) is 16.4 Å². The first-order chi connectivity index (χ1) is 9.43. The predicted molar refractivity (Wildman–Crippen MR) is 83.0 cm³/mol. The SMILES string of the molecule is CCCS(=O)(=O)CCOc1c(Br)cc(CN)cc1OC. The zero-order valence-corrected chi connectivity index (χ0v) is 14.1. The van der Waals surface area contributed by atoms with Crippen molar-refractivity contribution < 1.29 is 17.9 Å². The topological polar surface area (TPSA) is 78.6 Å². The summed E-state index contributed by atoms with van der Waals surface area (Å²) in [5, 5.41) is 0. The summed E-state index contributed by atoms with van der Waals surface area (Å²) < 4.78 is 34.7. The Morgan fingerprint density at radius 2 is 2.00 bits per heavy atom. The summed E-state index contributed by atoms with van der Waals surface area (Å²) in [5.74, 6) is 1.21. The maximum atomic E-state index is 11.6. The second-order valence-electron chi connectivity index (χ2n) is 4.31. The van der Waals surface area contributed by atoms with Gasteiger partial charge in [-0.15, -0.1) is 0 Å². The summed E-state index contributed by atoms with van der Waals surface area (Å²) in [7, 11) is -1.52. The molecule has 0 saturated heterocycles. The highest BCUT2D eigenvalue weighted by Gasteiger charge is 2.14. The van der Waals surface area contributed by atoms with Crippen LogP contribution in [0.5, 0.6) is 11.5 Å². The van der Waals surface area contributed by atoms with Gasteiger partial charge in [0, 0.05) is 6.54 Å². The summed E-state index contributed by atoms with van der Waals surface area (Å²) in [5.41, 5.74) is 6.49. The smallest absolute Gasteiger partial charge is 0.175 e. The molecule has 0 aromatic heterocycles. The van der Waals surface area contributed by atoms with Crippen LogP contribution in [0.4, 0.5) is 0 Å². The van der Waals surface area contributed by atoms with E-state index in [1.807, 2.05) is 13.0 Å². The van der Waals surface area contributed by atoms with Crippen LogP contribution in [0.25, 0.3) is 0 Å². The Hall–Kier alpha value is -0.790. The number of benzene rings is 1. The Bertz CT molecular complexity index is 546. The lowest BCUT2D eigenvalue weighted by atomic mass is 10.2. The number of methoxy groups -OCH3 is 1. The van der Waals surface area contributed by atoms with Gasteiger partial charge < -0.3 is 15.2 Å². The second-order valence-corrected chi connectivity index (χ2v) is 7.47. The van der Waals surface area contributed by atoms with Crippen molar-refractivity contribution in [1.29, 1.82) is 0 Å². The molecule has 0 amide bonds. The largest absolute Gasteiger partial charge is 0.493 e. The van der Waals surface area contributed by atoms with Crippen molar-refractivity contribution in [3.63, 3.8) is 0 Å². The van der Waals surface area contributed by atoms with Crippen LogP contribution in [0, 0.1) is 0 Å². The zero-order valence-electron chi connectivity index (χ0n) is 11.7. The van der Waals surface area contributed by atoms with Gasteiger partial charge >= 0.3 is 0 Å². The minimum absolute atomic E-state index is 0.00489. The van der Waals surface area contributed by atoms with Gasteiger partial charge in [0.1, 0.15) is 6.61 Å².